The van der Waals surface area contributed by atoms with E-state index in [9.17, 15) is 9.59 Å². The maximum atomic E-state index is 11.5. The van der Waals surface area contributed by atoms with Gasteiger partial charge in [-0.3, -0.25) is 4.79 Å². The minimum atomic E-state index is -0.487. The van der Waals surface area contributed by atoms with Crippen LogP contribution in [0, 0.1) is 0 Å². The smallest absolute Gasteiger partial charge is 0.407 e. The van der Waals surface area contributed by atoms with Gasteiger partial charge in [0.25, 0.3) is 0 Å². The van der Waals surface area contributed by atoms with Crippen LogP contribution in [-0.2, 0) is 22.6 Å². The molecule has 0 saturated heterocycles. The number of nitrogens with one attached hydrogen (secondary N) is 1. The highest BCUT2D eigenvalue weighted by Crippen LogP contribution is 2.12. The molecule has 3 N–H and O–H groups in total. The molecule has 2 amide bonds. The molecular formula is C18H20N2O4. The van der Waals surface area contributed by atoms with Crippen LogP contribution in [0.1, 0.15) is 11.1 Å². The van der Waals surface area contributed by atoms with E-state index < -0.39 is 6.09 Å². The van der Waals surface area contributed by atoms with Gasteiger partial charge in [-0.1, -0.05) is 42.5 Å². The molecule has 0 unspecified atom stereocenters. The van der Waals surface area contributed by atoms with Crippen LogP contribution < -0.4 is 15.8 Å². The molecular weight excluding hydrogens is 308 g/mol. The molecule has 0 aliphatic rings. The van der Waals surface area contributed by atoms with Crippen molar-refractivity contribution in [2.75, 3.05) is 13.2 Å². The first-order chi connectivity index (χ1) is 11.6. The summed E-state index contributed by atoms with van der Waals surface area (Å²) in [5.41, 5.74) is 6.89. The van der Waals surface area contributed by atoms with Gasteiger partial charge in [0.05, 0.1) is 13.0 Å². The Labute approximate surface area is 140 Å². The lowest BCUT2D eigenvalue weighted by Crippen LogP contribution is -2.28. The first kappa shape index (κ1) is 17.3. The van der Waals surface area contributed by atoms with Gasteiger partial charge in [-0.2, -0.15) is 0 Å². The Morgan fingerprint density at radius 1 is 0.958 bits per heavy atom. The molecule has 24 heavy (non-hydrogen) atoms. The molecule has 126 valence electrons. The van der Waals surface area contributed by atoms with Gasteiger partial charge in [0.15, 0.2) is 0 Å². The molecule has 0 aromatic heterocycles. The van der Waals surface area contributed by atoms with Gasteiger partial charge in [-0.05, 0) is 23.3 Å². The fraction of sp³-hybridized carbons (Fsp3) is 0.222. The minimum Gasteiger partial charge on any atom is -0.492 e. The Kier molecular flexibility index (Phi) is 6.64. The van der Waals surface area contributed by atoms with Crippen molar-refractivity contribution in [1.29, 1.82) is 0 Å². The number of amides is 2. The lowest BCUT2D eigenvalue weighted by atomic mass is 10.1. The van der Waals surface area contributed by atoms with Crippen LogP contribution >= 0.6 is 0 Å². The predicted molar refractivity (Wildman–Crippen MR) is 89.5 cm³/mol. The van der Waals surface area contributed by atoms with Crippen molar-refractivity contribution < 1.29 is 19.1 Å². The molecule has 0 aliphatic carbocycles. The highest BCUT2D eigenvalue weighted by Gasteiger charge is 2.03. The number of nitrogens with two attached hydrogens (primary N) is 1. The molecule has 0 aliphatic heterocycles. The van der Waals surface area contributed by atoms with Gasteiger partial charge >= 0.3 is 6.09 Å². The summed E-state index contributed by atoms with van der Waals surface area (Å²) in [4.78, 5) is 22.4. The molecule has 0 bridgehead atoms. The van der Waals surface area contributed by atoms with E-state index in [0.717, 1.165) is 11.1 Å². The zero-order valence-corrected chi connectivity index (χ0v) is 13.2. The van der Waals surface area contributed by atoms with E-state index in [2.05, 4.69) is 5.32 Å². The van der Waals surface area contributed by atoms with Gasteiger partial charge in [0.2, 0.25) is 5.91 Å². The van der Waals surface area contributed by atoms with Crippen molar-refractivity contribution >= 4 is 12.0 Å². The minimum absolute atomic E-state index is 0.203. The first-order valence-electron chi connectivity index (χ1n) is 7.58. The number of benzene rings is 2. The number of carbonyl (C=O) groups is 2. The third-order valence-electron chi connectivity index (χ3n) is 3.15. The third kappa shape index (κ3) is 6.39. The Balaban J connectivity index is 1.62. The van der Waals surface area contributed by atoms with Crippen molar-refractivity contribution in [2.45, 2.75) is 13.0 Å². The molecule has 0 saturated carbocycles. The van der Waals surface area contributed by atoms with Crippen molar-refractivity contribution in [3.05, 3.63) is 65.7 Å². The maximum Gasteiger partial charge on any atom is 0.407 e. The summed E-state index contributed by atoms with van der Waals surface area (Å²) in [6.07, 6.45) is -0.283. The summed E-state index contributed by atoms with van der Waals surface area (Å²) in [7, 11) is 0. The van der Waals surface area contributed by atoms with Gasteiger partial charge < -0.3 is 20.5 Å². The van der Waals surface area contributed by atoms with E-state index in [0.29, 0.717) is 18.9 Å². The summed E-state index contributed by atoms with van der Waals surface area (Å²) in [6, 6.07) is 16.5. The third-order valence-corrected chi connectivity index (χ3v) is 3.15. The number of rotatable bonds is 8. The van der Waals surface area contributed by atoms with Crippen molar-refractivity contribution in [2.24, 2.45) is 5.73 Å². The quantitative estimate of drug-likeness (QED) is 0.725. The zero-order chi connectivity index (χ0) is 17.2. The fourth-order valence-corrected chi connectivity index (χ4v) is 2.00. The van der Waals surface area contributed by atoms with E-state index in [-0.39, 0.29) is 18.9 Å². The number of ether oxygens (including phenoxy) is 2. The van der Waals surface area contributed by atoms with Gasteiger partial charge in [-0.15, -0.1) is 0 Å². The van der Waals surface area contributed by atoms with Crippen molar-refractivity contribution in [3.63, 3.8) is 0 Å². The average Bonchev–Trinajstić information content (AvgIpc) is 2.59. The molecule has 0 heterocycles. The summed E-state index contributed by atoms with van der Waals surface area (Å²) in [5, 5.41) is 2.61. The average molecular weight is 328 g/mol. The zero-order valence-electron chi connectivity index (χ0n) is 13.2. The van der Waals surface area contributed by atoms with Crippen molar-refractivity contribution in [1.82, 2.24) is 5.32 Å². The molecule has 2 aromatic rings. The summed E-state index contributed by atoms with van der Waals surface area (Å²) >= 11 is 0. The number of alkyl carbamates (subject to hydrolysis) is 1. The summed E-state index contributed by atoms with van der Waals surface area (Å²) in [6.45, 7) is 0.876. The van der Waals surface area contributed by atoms with Crippen LogP contribution in [0.15, 0.2) is 54.6 Å². The summed E-state index contributed by atoms with van der Waals surface area (Å²) in [5.74, 6) is 0.282. The van der Waals surface area contributed by atoms with E-state index in [1.165, 1.54) is 0 Å². The normalized spacial score (nSPS) is 10.0. The Hall–Kier alpha value is -3.02. The van der Waals surface area contributed by atoms with Gasteiger partial charge in [0.1, 0.15) is 19.0 Å². The van der Waals surface area contributed by atoms with Crippen LogP contribution in [0.5, 0.6) is 5.75 Å². The van der Waals surface area contributed by atoms with Crippen LogP contribution in [0.3, 0.4) is 0 Å². The van der Waals surface area contributed by atoms with Crippen LogP contribution in [0.4, 0.5) is 4.79 Å². The van der Waals surface area contributed by atoms with Gasteiger partial charge in [0, 0.05) is 0 Å². The molecule has 0 radical (unpaired) electrons. The number of carbonyl (C=O) groups excluding carboxylic acids is 2. The predicted octanol–water partition coefficient (Wildman–Crippen LogP) is 2.02. The number of hydrogen-bond donors (Lipinski definition) is 2. The second-order valence-electron chi connectivity index (χ2n) is 5.12. The molecule has 0 atom stereocenters. The van der Waals surface area contributed by atoms with Crippen LogP contribution in [0.25, 0.3) is 0 Å². The van der Waals surface area contributed by atoms with Gasteiger partial charge in [-0.25, -0.2) is 4.79 Å². The lowest BCUT2D eigenvalue weighted by Gasteiger charge is -2.09. The molecule has 6 heteroatoms. The molecule has 6 nitrogen and oxygen atoms in total. The lowest BCUT2D eigenvalue weighted by molar-refractivity contribution is -0.117. The summed E-state index contributed by atoms with van der Waals surface area (Å²) < 4.78 is 10.6. The van der Waals surface area contributed by atoms with E-state index >= 15 is 0 Å². The Morgan fingerprint density at radius 3 is 2.33 bits per heavy atom. The first-order valence-corrected chi connectivity index (χ1v) is 7.58. The molecule has 2 aromatic carbocycles. The Bertz CT molecular complexity index is 656. The second kappa shape index (κ2) is 9.19. The highest BCUT2D eigenvalue weighted by molar-refractivity contribution is 5.76. The topological polar surface area (TPSA) is 90.7 Å². The number of hydrogen-bond acceptors (Lipinski definition) is 4. The van der Waals surface area contributed by atoms with Crippen molar-refractivity contribution in [3.8, 4) is 5.75 Å². The monoisotopic (exact) mass is 328 g/mol. The largest absolute Gasteiger partial charge is 0.492 e. The van der Waals surface area contributed by atoms with E-state index in [1.54, 1.807) is 24.3 Å². The number of primary amides is 1. The van der Waals surface area contributed by atoms with E-state index in [4.69, 9.17) is 15.2 Å². The Morgan fingerprint density at radius 2 is 1.67 bits per heavy atom. The van der Waals surface area contributed by atoms with Crippen LogP contribution in [-0.4, -0.2) is 25.2 Å². The second-order valence-corrected chi connectivity index (χ2v) is 5.12. The maximum absolute atomic E-state index is 11.5. The highest BCUT2D eigenvalue weighted by atomic mass is 16.5. The fourth-order valence-electron chi connectivity index (χ4n) is 2.00. The van der Waals surface area contributed by atoms with Crippen LogP contribution in [0.2, 0.25) is 0 Å². The van der Waals surface area contributed by atoms with E-state index in [1.807, 2.05) is 30.3 Å². The molecule has 2 rings (SSSR count). The SMILES string of the molecule is NC(=O)Cc1ccc(OCCNC(=O)OCc2ccccc2)cc1. The molecule has 0 fully saturated rings. The standard InChI is InChI=1S/C18H20N2O4/c19-17(21)12-14-6-8-16(9-7-14)23-11-10-20-18(22)24-13-15-4-2-1-3-5-15/h1-9H,10-13H2,(H2,19,21)(H,20,22). The molecule has 0 spiro atoms.